The van der Waals surface area contributed by atoms with Gasteiger partial charge in [-0.2, -0.15) is 0 Å². The first-order chi connectivity index (χ1) is 10.3. The van der Waals surface area contributed by atoms with Crippen LogP contribution in [0.4, 0.5) is 0 Å². The molecule has 1 aromatic rings. The summed E-state index contributed by atoms with van der Waals surface area (Å²) in [6.07, 6.45) is 2.15. The smallest absolute Gasteiger partial charge is 0.234 e. The van der Waals surface area contributed by atoms with E-state index in [4.69, 9.17) is 0 Å². The first-order valence-corrected chi connectivity index (χ1v) is 8.41. The van der Waals surface area contributed by atoms with E-state index in [0.29, 0.717) is 18.5 Å². The molecule has 1 aromatic carbocycles. The Morgan fingerprint density at radius 2 is 1.73 bits per heavy atom. The summed E-state index contributed by atoms with van der Waals surface area (Å²) in [6.45, 7) is 11.2. The van der Waals surface area contributed by atoms with Crippen LogP contribution in [-0.2, 0) is 11.2 Å². The standard InChI is InChI=1S/C19H32N2O/c1-7-15(4)21(6)13-19(22)20-16(5)18-10-8-17(9-11-18)12-14(2)3/h8-11,14-16H,7,12-13H2,1-6H3,(H,20,22)/t15-,16+/m0/s1. The van der Waals surface area contributed by atoms with Gasteiger partial charge in [0.05, 0.1) is 12.6 Å². The lowest BCUT2D eigenvalue weighted by Gasteiger charge is -2.24. The Kier molecular flexibility index (Phi) is 7.60. The molecule has 0 radical (unpaired) electrons. The minimum atomic E-state index is 0.0472. The zero-order valence-electron chi connectivity index (χ0n) is 15.0. The van der Waals surface area contributed by atoms with Gasteiger partial charge in [-0.15, -0.1) is 0 Å². The van der Waals surface area contributed by atoms with E-state index in [1.807, 2.05) is 14.0 Å². The van der Waals surface area contributed by atoms with E-state index in [1.54, 1.807) is 0 Å². The topological polar surface area (TPSA) is 32.3 Å². The quantitative estimate of drug-likeness (QED) is 0.792. The van der Waals surface area contributed by atoms with E-state index in [1.165, 1.54) is 5.56 Å². The minimum absolute atomic E-state index is 0.0472. The highest BCUT2D eigenvalue weighted by Gasteiger charge is 2.14. The van der Waals surface area contributed by atoms with Gasteiger partial charge in [-0.25, -0.2) is 0 Å². The molecule has 0 aliphatic rings. The van der Waals surface area contributed by atoms with Gasteiger partial charge >= 0.3 is 0 Å². The van der Waals surface area contributed by atoms with Gasteiger partial charge in [0.15, 0.2) is 0 Å². The Hall–Kier alpha value is -1.35. The summed E-state index contributed by atoms with van der Waals surface area (Å²) >= 11 is 0. The van der Waals surface area contributed by atoms with E-state index in [2.05, 4.69) is 62.2 Å². The van der Waals surface area contributed by atoms with Gasteiger partial charge in [-0.3, -0.25) is 9.69 Å². The number of nitrogens with zero attached hydrogens (tertiary/aromatic N) is 1. The predicted molar refractivity (Wildman–Crippen MR) is 93.9 cm³/mol. The molecule has 0 saturated heterocycles. The van der Waals surface area contributed by atoms with E-state index >= 15 is 0 Å². The molecule has 0 saturated carbocycles. The Morgan fingerprint density at radius 3 is 2.23 bits per heavy atom. The van der Waals surface area contributed by atoms with Gasteiger partial charge in [0.1, 0.15) is 0 Å². The van der Waals surface area contributed by atoms with Gasteiger partial charge in [-0.05, 0) is 50.8 Å². The van der Waals surface area contributed by atoms with Crippen molar-refractivity contribution >= 4 is 5.91 Å². The molecule has 2 atom stereocenters. The van der Waals surface area contributed by atoms with E-state index in [9.17, 15) is 4.79 Å². The van der Waals surface area contributed by atoms with Crippen molar-refractivity contribution < 1.29 is 4.79 Å². The van der Waals surface area contributed by atoms with Crippen LogP contribution in [0.25, 0.3) is 0 Å². The van der Waals surface area contributed by atoms with Crippen molar-refractivity contribution in [1.29, 1.82) is 0 Å². The van der Waals surface area contributed by atoms with Crippen molar-refractivity contribution in [2.75, 3.05) is 13.6 Å². The maximum Gasteiger partial charge on any atom is 0.234 e. The highest BCUT2D eigenvalue weighted by molar-refractivity contribution is 5.78. The number of carbonyl (C=O) groups is 1. The molecule has 0 fully saturated rings. The fraction of sp³-hybridized carbons (Fsp3) is 0.632. The highest BCUT2D eigenvalue weighted by atomic mass is 16.2. The van der Waals surface area contributed by atoms with Gasteiger partial charge in [0.2, 0.25) is 5.91 Å². The number of hydrogen-bond acceptors (Lipinski definition) is 2. The predicted octanol–water partition coefficient (Wildman–Crippen LogP) is 3.79. The molecule has 0 unspecified atom stereocenters. The van der Waals surface area contributed by atoms with E-state index in [0.717, 1.165) is 18.4 Å². The van der Waals surface area contributed by atoms with Crippen molar-refractivity contribution in [3.63, 3.8) is 0 Å². The average molecular weight is 304 g/mol. The number of carbonyl (C=O) groups excluding carboxylic acids is 1. The summed E-state index contributed by atoms with van der Waals surface area (Å²) in [5.41, 5.74) is 2.51. The Morgan fingerprint density at radius 1 is 1.14 bits per heavy atom. The SMILES string of the molecule is CC[C@H](C)N(C)CC(=O)N[C@H](C)c1ccc(CC(C)C)cc1. The van der Waals surface area contributed by atoms with Crippen LogP contribution in [0.1, 0.15) is 58.2 Å². The van der Waals surface area contributed by atoms with Crippen molar-refractivity contribution in [2.24, 2.45) is 5.92 Å². The molecule has 0 aliphatic carbocycles. The van der Waals surface area contributed by atoms with Gasteiger partial charge in [-0.1, -0.05) is 45.0 Å². The zero-order chi connectivity index (χ0) is 16.7. The fourth-order valence-corrected chi connectivity index (χ4v) is 2.48. The molecule has 0 spiro atoms. The van der Waals surface area contributed by atoms with Gasteiger partial charge < -0.3 is 5.32 Å². The van der Waals surface area contributed by atoms with Crippen molar-refractivity contribution in [2.45, 2.75) is 59.5 Å². The Labute approximate surface area is 136 Å². The lowest BCUT2D eigenvalue weighted by atomic mass is 10.00. The minimum Gasteiger partial charge on any atom is -0.348 e. The van der Waals surface area contributed by atoms with Crippen LogP contribution in [0.2, 0.25) is 0 Å². The summed E-state index contributed by atoms with van der Waals surface area (Å²) in [5, 5.41) is 3.09. The van der Waals surface area contributed by atoms with E-state index in [-0.39, 0.29) is 11.9 Å². The zero-order valence-corrected chi connectivity index (χ0v) is 15.0. The third kappa shape index (κ3) is 6.18. The second kappa shape index (κ2) is 8.94. The summed E-state index contributed by atoms with van der Waals surface area (Å²) in [7, 11) is 2.00. The first-order valence-electron chi connectivity index (χ1n) is 8.41. The molecule has 124 valence electrons. The number of nitrogens with one attached hydrogen (secondary N) is 1. The van der Waals surface area contributed by atoms with Crippen LogP contribution < -0.4 is 5.32 Å². The summed E-state index contributed by atoms with van der Waals surface area (Å²) in [6, 6.07) is 9.07. The summed E-state index contributed by atoms with van der Waals surface area (Å²) in [5.74, 6) is 0.751. The lowest BCUT2D eigenvalue weighted by Crippen LogP contribution is -2.40. The summed E-state index contributed by atoms with van der Waals surface area (Å²) in [4.78, 5) is 14.2. The molecular formula is C19H32N2O. The average Bonchev–Trinajstić information content (AvgIpc) is 2.46. The molecule has 0 aromatic heterocycles. The van der Waals surface area contributed by atoms with Gasteiger partial charge in [0, 0.05) is 6.04 Å². The van der Waals surface area contributed by atoms with Crippen LogP contribution in [0.5, 0.6) is 0 Å². The third-order valence-electron chi connectivity index (χ3n) is 4.24. The molecule has 1 amide bonds. The molecule has 1 N–H and O–H groups in total. The van der Waals surface area contributed by atoms with Crippen LogP contribution in [-0.4, -0.2) is 30.4 Å². The van der Waals surface area contributed by atoms with Gasteiger partial charge in [0.25, 0.3) is 0 Å². The molecule has 0 heterocycles. The molecule has 0 bridgehead atoms. The number of hydrogen-bond donors (Lipinski definition) is 1. The van der Waals surface area contributed by atoms with Crippen LogP contribution >= 0.6 is 0 Å². The normalized spacial score (nSPS) is 14.2. The largest absolute Gasteiger partial charge is 0.348 e. The Bertz CT molecular complexity index is 453. The number of amides is 1. The molecule has 0 aliphatic heterocycles. The van der Waals surface area contributed by atoms with Crippen molar-refractivity contribution in [1.82, 2.24) is 10.2 Å². The molecule has 22 heavy (non-hydrogen) atoms. The number of rotatable bonds is 8. The Balaban J connectivity index is 2.53. The van der Waals surface area contributed by atoms with Crippen LogP contribution in [0.3, 0.4) is 0 Å². The first kappa shape index (κ1) is 18.7. The molecule has 3 nitrogen and oxygen atoms in total. The third-order valence-corrected chi connectivity index (χ3v) is 4.24. The monoisotopic (exact) mass is 304 g/mol. The summed E-state index contributed by atoms with van der Waals surface area (Å²) < 4.78 is 0. The lowest BCUT2D eigenvalue weighted by molar-refractivity contribution is -0.123. The second-order valence-electron chi connectivity index (χ2n) is 6.80. The maximum absolute atomic E-state index is 12.1. The second-order valence-corrected chi connectivity index (χ2v) is 6.80. The fourth-order valence-electron chi connectivity index (χ4n) is 2.48. The molecular weight excluding hydrogens is 272 g/mol. The van der Waals surface area contributed by atoms with E-state index < -0.39 is 0 Å². The maximum atomic E-state index is 12.1. The molecule has 1 rings (SSSR count). The van der Waals surface area contributed by atoms with Crippen molar-refractivity contribution in [3.05, 3.63) is 35.4 Å². The number of likely N-dealkylation sites (N-methyl/N-ethyl adjacent to an activating group) is 1. The van der Waals surface area contributed by atoms with Crippen LogP contribution in [0, 0.1) is 5.92 Å². The van der Waals surface area contributed by atoms with Crippen LogP contribution in [0.15, 0.2) is 24.3 Å². The van der Waals surface area contributed by atoms with Crippen molar-refractivity contribution in [3.8, 4) is 0 Å². The number of benzene rings is 1. The molecule has 3 heteroatoms. The highest BCUT2D eigenvalue weighted by Crippen LogP contribution is 2.15.